The van der Waals surface area contributed by atoms with Crippen molar-refractivity contribution in [1.29, 1.82) is 0 Å². The quantitative estimate of drug-likeness (QED) is 0.448. The van der Waals surface area contributed by atoms with Crippen molar-refractivity contribution in [2.24, 2.45) is 0 Å². The molecule has 2 rings (SSSR count). The first-order valence-corrected chi connectivity index (χ1v) is 7.16. The van der Waals surface area contributed by atoms with Crippen molar-refractivity contribution in [3.63, 3.8) is 0 Å². The number of hydrogen-bond acceptors (Lipinski definition) is 4. The van der Waals surface area contributed by atoms with Gasteiger partial charge in [-0.15, -0.1) is 0 Å². The van der Waals surface area contributed by atoms with Crippen LogP contribution in [-0.2, 0) is 0 Å². The van der Waals surface area contributed by atoms with Gasteiger partial charge in [0, 0.05) is 17.2 Å². The molecule has 2 aromatic carbocycles. The summed E-state index contributed by atoms with van der Waals surface area (Å²) in [5, 5.41) is 13.3. The highest BCUT2D eigenvalue weighted by Crippen LogP contribution is 2.18. The van der Waals surface area contributed by atoms with Crippen LogP contribution in [0.5, 0.6) is 0 Å². The van der Waals surface area contributed by atoms with E-state index in [9.17, 15) is 19.3 Å². The van der Waals surface area contributed by atoms with Gasteiger partial charge in [0.2, 0.25) is 0 Å². The first kappa shape index (κ1) is 17.3. The molecule has 0 heterocycles. The number of carbonyl (C=O) groups is 1. The Bertz CT molecular complexity index is 813. The lowest BCUT2D eigenvalue weighted by Gasteiger charge is -2.12. The molecule has 0 aliphatic carbocycles. The van der Waals surface area contributed by atoms with Crippen LogP contribution in [0.2, 0.25) is 0 Å². The number of nitrogens with one attached hydrogen (secondary N) is 3. The zero-order valence-corrected chi connectivity index (χ0v) is 13.3. The van der Waals surface area contributed by atoms with Crippen molar-refractivity contribution in [3.8, 4) is 0 Å². The molecule has 7 nitrogen and oxygen atoms in total. The van der Waals surface area contributed by atoms with E-state index in [1.54, 1.807) is 6.07 Å². The first-order valence-electron chi connectivity index (χ1n) is 6.75. The van der Waals surface area contributed by atoms with E-state index in [1.165, 1.54) is 43.3 Å². The Hall–Kier alpha value is -3.07. The van der Waals surface area contributed by atoms with Crippen LogP contribution in [0.4, 0.5) is 15.8 Å². The predicted octanol–water partition coefficient (Wildman–Crippen LogP) is 2.67. The van der Waals surface area contributed by atoms with Crippen LogP contribution in [0.25, 0.3) is 0 Å². The lowest BCUT2D eigenvalue weighted by atomic mass is 10.1. The average Bonchev–Trinajstić information content (AvgIpc) is 2.54. The van der Waals surface area contributed by atoms with E-state index in [0.29, 0.717) is 5.56 Å². The Labute approximate surface area is 142 Å². The number of thiocarbonyl (C=S) groups is 1. The first-order chi connectivity index (χ1) is 11.4. The van der Waals surface area contributed by atoms with Gasteiger partial charge >= 0.3 is 0 Å². The standard InChI is InChI=1S/C15H13FN4O3S/c1-9-8-10(6-7-13(9)20(22)23)14(21)18-19-15(24)17-12-5-3-2-4-11(12)16/h2-8H,1H3,(H,18,21)(H2,17,19,24). The maximum Gasteiger partial charge on any atom is 0.272 e. The van der Waals surface area contributed by atoms with Gasteiger partial charge in [-0.2, -0.15) is 0 Å². The molecule has 0 aliphatic heterocycles. The number of amides is 1. The number of benzene rings is 2. The largest absolute Gasteiger partial charge is 0.329 e. The minimum absolute atomic E-state index is 0.00733. The average molecular weight is 348 g/mol. The number of halogens is 1. The molecule has 0 spiro atoms. The summed E-state index contributed by atoms with van der Waals surface area (Å²) in [7, 11) is 0. The SMILES string of the molecule is Cc1cc(C(=O)NNC(=S)Nc2ccccc2F)ccc1[N+](=O)[O-]. The summed E-state index contributed by atoms with van der Waals surface area (Å²) in [6.45, 7) is 1.53. The Kier molecular flexibility index (Phi) is 5.38. The van der Waals surface area contributed by atoms with Gasteiger partial charge in [0.25, 0.3) is 11.6 Å². The van der Waals surface area contributed by atoms with Crippen LogP contribution in [0, 0.1) is 22.9 Å². The molecule has 2 aromatic rings. The summed E-state index contributed by atoms with van der Waals surface area (Å²) in [6, 6.07) is 9.90. The molecule has 0 aromatic heterocycles. The summed E-state index contributed by atoms with van der Waals surface area (Å²) in [6.07, 6.45) is 0. The van der Waals surface area contributed by atoms with E-state index in [0.717, 1.165) is 0 Å². The molecule has 9 heteroatoms. The van der Waals surface area contributed by atoms with Crippen molar-refractivity contribution < 1.29 is 14.1 Å². The smallest absolute Gasteiger partial charge is 0.272 e. The predicted molar refractivity (Wildman–Crippen MR) is 91.1 cm³/mol. The van der Waals surface area contributed by atoms with Crippen molar-refractivity contribution in [3.05, 3.63) is 69.5 Å². The van der Waals surface area contributed by atoms with Crippen LogP contribution in [0.3, 0.4) is 0 Å². The number of anilines is 1. The van der Waals surface area contributed by atoms with Gasteiger partial charge in [-0.25, -0.2) is 4.39 Å². The van der Waals surface area contributed by atoms with E-state index in [2.05, 4.69) is 16.2 Å². The molecule has 0 bridgehead atoms. The number of carbonyl (C=O) groups excluding carboxylic acids is 1. The maximum atomic E-state index is 13.5. The van der Waals surface area contributed by atoms with Gasteiger partial charge in [-0.3, -0.25) is 25.8 Å². The maximum absolute atomic E-state index is 13.5. The van der Waals surface area contributed by atoms with Crippen LogP contribution in [0.15, 0.2) is 42.5 Å². The summed E-state index contributed by atoms with van der Waals surface area (Å²) in [5.74, 6) is -1.02. The van der Waals surface area contributed by atoms with E-state index in [4.69, 9.17) is 12.2 Å². The molecular weight excluding hydrogens is 335 g/mol. The number of nitro benzene ring substituents is 1. The molecule has 1 amide bonds. The van der Waals surface area contributed by atoms with Crippen LogP contribution < -0.4 is 16.2 Å². The number of nitrogens with zero attached hydrogens (tertiary/aromatic N) is 1. The minimum Gasteiger partial charge on any atom is -0.329 e. The molecule has 0 atom stereocenters. The molecule has 0 unspecified atom stereocenters. The summed E-state index contributed by atoms with van der Waals surface area (Å²) < 4.78 is 13.5. The van der Waals surface area contributed by atoms with Gasteiger partial charge in [0.05, 0.1) is 10.6 Å². The van der Waals surface area contributed by atoms with Gasteiger partial charge in [-0.05, 0) is 43.4 Å². The second-order valence-corrected chi connectivity index (χ2v) is 5.18. The number of rotatable bonds is 3. The van der Waals surface area contributed by atoms with Gasteiger partial charge in [0.1, 0.15) is 5.82 Å². The third-order valence-corrected chi connectivity index (χ3v) is 3.27. The van der Waals surface area contributed by atoms with Crippen LogP contribution in [-0.4, -0.2) is 15.9 Å². The molecular formula is C15H13FN4O3S. The fraction of sp³-hybridized carbons (Fsp3) is 0.0667. The van der Waals surface area contributed by atoms with E-state index < -0.39 is 16.6 Å². The van der Waals surface area contributed by atoms with Gasteiger partial charge in [0.15, 0.2) is 5.11 Å². The fourth-order valence-corrected chi connectivity index (χ4v) is 2.06. The Morgan fingerprint density at radius 1 is 1.21 bits per heavy atom. The monoisotopic (exact) mass is 348 g/mol. The third-order valence-electron chi connectivity index (χ3n) is 3.07. The summed E-state index contributed by atoms with van der Waals surface area (Å²) in [4.78, 5) is 22.2. The summed E-state index contributed by atoms with van der Waals surface area (Å²) in [5.41, 5.74) is 5.44. The van der Waals surface area contributed by atoms with Crippen molar-refractivity contribution in [1.82, 2.24) is 10.9 Å². The minimum atomic E-state index is -0.536. The Morgan fingerprint density at radius 2 is 1.92 bits per heavy atom. The van der Waals surface area contributed by atoms with Gasteiger partial charge in [-0.1, -0.05) is 12.1 Å². The highest BCUT2D eigenvalue weighted by atomic mass is 32.1. The van der Waals surface area contributed by atoms with E-state index in [1.807, 2.05) is 0 Å². The molecule has 0 aliphatic rings. The third kappa shape index (κ3) is 4.23. The normalized spacial score (nSPS) is 9.92. The lowest BCUT2D eigenvalue weighted by Crippen LogP contribution is -2.43. The van der Waals surface area contributed by atoms with Crippen molar-refractivity contribution in [2.45, 2.75) is 6.92 Å². The molecule has 24 heavy (non-hydrogen) atoms. The highest BCUT2D eigenvalue weighted by Gasteiger charge is 2.14. The number of nitro groups is 1. The lowest BCUT2D eigenvalue weighted by molar-refractivity contribution is -0.385. The molecule has 124 valence electrons. The van der Waals surface area contributed by atoms with E-state index >= 15 is 0 Å². The van der Waals surface area contributed by atoms with Crippen molar-refractivity contribution >= 4 is 34.6 Å². The van der Waals surface area contributed by atoms with Gasteiger partial charge < -0.3 is 5.32 Å². The second kappa shape index (κ2) is 7.47. The zero-order chi connectivity index (χ0) is 17.7. The number of para-hydroxylation sites is 1. The zero-order valence-electron chi connectivity index (χ0n) is 12.5. The Morgan fingerprint density at radius 3 is 2.54 bits per heavy atom. The summed E-state index contributed by atoms with van der Waals surface area (Å²) >= 11 is 4.95. The second-order valence-electron chi connectivity index (χ2n) is 4.77. The highest BCUT2D eigenvalue weighted by molar-refractivity contribution is 7.80. The number of aryl methyl sites for hydroxylation is 1. The van der Waals surface area contributed by atoms with E-state index in [-0.39, 0.29) is 22.1 Å². The van der Waals surface area contributed by atoms with Crippen LogP contribution in [0.1, 0.15) is 15.9 Å². The molecule has 0 radical (unpaired) electrons. The fourth-order valence-electron chi connectivity index (χ4n) is 1.90. The van der Waals surface area contributed by atoms with Crippen molar-refractivity contribution in [2.75, 3.05) is 5.32 Å². The molecule has 0 fully saturated rings. The molecule has 0 saturated heterocycles. The molecule has 3 N–H and O–H groups in total. The number of hydrogen-bond donors (Lipinski definition) is 3. The topological polar surface area (TPSA) is 96.3 Å². The Balaban J connectivity index is 1.95. The van der Waals surface area contributed by atoms with Crippen LogP contribution >= 0.6 is 12.2 Å². The number of hydrazine groups is 1. The molecule has 0 saturated carbocycles.